The number of hydrogen-bond donors (Lipinski definition) is 1. The van der Waals surface area contributed by atoms with Crippen LogP contribution in [0.2, 0.25) is 0 Å². The standard InChI is InChI=1S/C23H33N5O5/c1-14-26-27-22-21(24-12-10-8-9-11-17(29)33-23(2,3)4)25-18-15(28(14)22)13-16(30-5)19(31-6)20(18)32-7/h13H,8-12H2,1-7H3,(H,24,25). The lowest BCUT2D eigenvalue weighted by Crippen LogP contribution is -2.23. The Hall–Kier alpha value is -3.30. The second-order valence-corrected chi connectivity index (χ2v) is 8.70. The molecule has 2 heterocycles. The number of carbonyl (C=O) groups is 1. The maximum atomic E-state index is 11.8. The maximum Gasteiger partial charge on any atom is 0.306 e. The van der Waals surface area contributed by atoms with E-state index in [-0.39, 0.29) is 5.97 Å². The zero-order chi connectivity index (χ0) is 24.2. The smallest absolute Gasteiger partial charge is 0.306 e. The van der Waals surface area contributed by atoms with Crippen LogP contribution >= 0.6 is 0 Å². The van der Waals surface area contributed by atoms with Gasteiger partial charge in [-0.1, -0.05) is 6.42 Å². The summed E-state index contributed by atoms with van der Waals surface area (Å²) < 4.78 is 23.9. The van der Waals surface area contributed by atoms with Crippen molar-refractivity contribution in [1.29, 1.82) is 0 Å². The first kappa shape index (κ1) is 24.3. The van der Waals surface area contributed by atoms with E-state index in [4.69, 9.17) is 23.9 Å². The van der Waals surface area contributed by atoms with Crippen molar-refractivity contribution in [2.45, 2.75) is 59.0 Å². The fraction of sp³-hybridized carbons (Fsp3) is 0.565. The van der Waals surface area contributed by atoms with Crippen LogP contribution in [0.3, 0.4) is 0 Å². The Morgan fingerprint density at radius 1 is 1.03 bits per heavy atom. The Labute approximate surface area is 193 Å². The Morgan fingerprint density at radius 3 is 2.39 bits per heavy atom. The van der Waals surface area contributed by atoms with Gasteiger partial charge in [0.1, 0.15) is 16.9 Å². The predicted molar refractivity (Wildman–Crippen MR) is 125 cm³/mol. The van der Waals surface area contributed by atoms with E-state index in [0.717, 1.165) is 24.8 Å². The Kier molecular flexibility index (Phi) is 7.45. The van der Waals surface area contributed by atoms with Crippen LogP contribution < -0.4 is 19.5 Å². The summed E-state index contributed by atoms with van der Waals surface area (Å²) in [4.78, 5) is 16.6. The van der Waals surface area contributed by atoms with Crippen LogP contribution in [0.25, 0.3) is 16.7 Å². The number of fused-ring (bicyclic) bond motifs is 3. The lowest BCUT2D eigenvalue weighted by Gasteiger charge is -2.19. The van der Waals surface area contributed by atoms with Crippen molar-refractivity contribution in [3.8, 4) is 17.2 Å². The van der Waals surface area contributed by atoms with E-state index < -0.39 is 5.60 Å². The topological polar surface area (TPSA) is 109 Å². The zero-order valence-electron chi connectivity index (χ0n) is 20.4. The monoisotopic (exact) mass is 459 g/mol. The van der Waals surface area contributed by atoms with Crippen molar-refractivity contribution in [1.82, 2.24) is 19.6 Å². The number of aryl methyl sites for hydroxylation is 1. The van der Waals surface area contributed by atoms with Gasteiger partial charge in [0, 0.05) is 19.0 Å². The van der Waals surface area contributed by atoms with Crippen LogP contribution in [0.5, 0.6) is 17.2 Å². The maximum absolute atomic E-state index is 11.8. The summed E-state index contributed by atoms with van der Waals surface area (Å²) in [7, 11) is 4.70. The number of aromatic nitrogens is 4. The summed E-state index contributed by atoms with van der Waals surface area (Å²) in [5.41, 5.74) is 1.53. The third-order valence-electron chi connectivity index (χ3n) is 5.06. The van der Waals surface area contributed by atoms with Gasteiger partial charge in [-0.3, -0.25) is 9.20 Å². The summed E-state index contributed by atoms with van der Waals surface area (Å²) in [6.07, 6.45) is 2.94. The van der Waals surface area contributed by atoms with Crippen LogP contribution in [0.15, 0.2) is 6.07 Å². The number of nitrogens with zero attached hydrogens (tertiary/aromatic N) is 4. The molecule has 33 heavy (non-hydrogen) atoms. The molecule has 180 valence electrons. The molecule has 0 radical (unpaired) electrons. The van der Waals surface area contributed by atoms with Gasteiger partial charge < -0.3 is 24.3 Å². The number of esters is 1. The van der Waals surface area contributed by atoms with E-state index in [2.05, 4.69) is 15.5 Å². The number of ether oxygens (including phenoxy) is 4. The van der Waals surface area contributed by atoms with Gasteiger partial charge in [-0.25, -0.2) is 4.98 Å². The molecule has 0 unspecified atom stereocenters. The molecule has 1 N–H and O–H groups in total. The average Bonchev–Trinajstić information content (AvgIpc) is 3.15. The molecule has 2 aromatic heterocycles. The highest BCUT2D eigenvalue weighted by Crippen LogP contribution is 2.43. The number of unbranched alkanes of at least 4 members (excludes halogenated alkanes) is 2. The molecule has 0 saturated heterocycles. The molecule has 10 heteroatoms. The van der Waals surface area contributed by atoms with Crippen molar-refractivity contribution in [3.63, 3.8) is 0 Å². The predicted octanol–water partition coefficient (Wildman–Crippen LogP) is 3.93. The largest absolute Gasteiger partial charge is 0.493 e. The SMILES string of the molecule is COc1cc2c(nc(NCCCCCC(=O)OC(C)(C)C)c3nnc(C)n32)c(OC)c1OC. The minimum atomic E-state index is -0.449. The minimum absolute atomic E-state index is 0.163. The number of nitrogens with one attached hydrogen (secondary N) is 1. The quantitative estimate of drug-likeness (QED) is 0.356. The molecule has 0 aliphatic rings. The lowest BCUT2D eigenvalue weighted by atomic mass is 10.1. The van der Waals surface area contributed by atoms with Gasteiger partial charge in [0.05, 0.1) is 26.8 Å². The molecule has 10 nitrogen and oxygen atoms in total. The Balaban J connectivity index is 1.79. The van der Waals surface area contributed by atoms with Crippen molar-refractivity contribution in [2.24, 2.45) is 0 Å². The van der Waals surface area contributed by atoms with Gasteiger partial charge >= 0.3 is 5.97 Å². The van der Waals surface area contributed by atoms with Gasteiger partial charge in [0.15, 0.2) is 17.3 Å². The van der Waals surface area contributed by atoms with Crippen molar-refractivity contribution in [2.75, 3.05) is 33.2 Å². The first-order chi connectivity index (χ1) is 15.7. The van der Waals surface area contributed by atoms with Crippen molar-refractivity contribution in [3.05, 3.63) is 11.9 Å². The number of benzene rings is 1. The van der Waals surface area contributed by atoms with E-state index in [1.54, 1.807) is 21.3 Å². The summed E-state index contributed by atoms with van der Waals surface area (Å²) in [5, 5.41) is 11.9. The number of hydrogen-bond acceptors (Lipinski definition) is 9. The molecular weight excluding hydrogens is 426 g/mol. The lowest BCUT2D eigenvalue weighted by molar-refractivity contribution is -0.154. The zero-order valence-corrected chi connectivity index (χ0v) is 20.4. The normalized spacial score (nSPS) is 11.6. The molecule has 0 atom stereocenters. The Morgan fingerprint density at radius 2 is 1.76 bits per heavy atom. The highest BCUT2D eigenvalue weighted by atomic mass is 16.6. The molecular formula is C23H33N5O5. The van der Waals surface area contributed by atoms with Crippen LogP contribution in [-0.4, -0.2) is 59.0 Å². The third kappa shape index (κ3) is 5.37. The van der Waals surface area contributed by atoms with Crippen LogP contribution in [0.4, 0.5) is 5.82 Å². The summed E-state index contributed by atoms with van der Waals surface area (Å²) in [6, 6.07) is 1.84. The molecule has 0 aliphatic carbocycles. The van der Waals surface area contributed by atoms with E-state index in [1.807, 2.05) is 38.2 Å². The Bertz CT molecular complexity index is 1140. The van der Waals surface area contributed by atoms with E-state index in [0.29, 0.717) is 53.0 Å². The molecule has 0 aliphatic heterocycles. The fourth-order valence-electron chi connectivity index (χ4n) is 3.66. The summed E-state index contributed by atoms with van der Waals surface area (Å²) in [6.45, 7) is 8.17. The molecule has 0 spiro atoms. The minimum Gasteiger partial charge on any atom is -0.493 e. The second kappa shape index (κ2) is 10.1. The number of methoxy groups -OCH3 is 3. The number of rotatable bonds is 10. The molecule has 0 fully saturated rings. The number of anilines is 1. The van der Waals surface area contributed by atoms with Crippen molar-refractivity contribution >= 4 is 28.5 Å². The summed E-state index contributed by atoms with van der Waals surface area (Å²) >= 11 is 0. The molecule has 0 bridgehead atoms. The molecule has 3 aromatic rings. The van der Waals surface area contributed by atoms with Gasteiger partial charge in [-0.2, -0.15) is 0 Å². The number of carbonyl (C=O) groups excluding carboxylic acids is 1. The van der Waals surface area contributed by atoms with Gasteiger partial charge in [-0.15, -0.1) is 10.2 Å². The van der Waals surface area contributed by atoms with Crippen molar-refractivity contribution < 1.29 is 23.7 Å². The third-order valence-corrected chi connectivity index (χ3v) is 5.06. The van der Waals surface area contributed by atoms with Crippen LogP contribution in [0.1, 0.15) is 52.3 Å². The van der Waals surface area contributed by atoms with Crippen LogP contribution in [-0.2, 0) is 9.53 Å². The summed E-state index contributed by atoms with van der Waals surface area (Å²) in [5.74, 6) is 2.63. The van der Waals surface area contributed by atoms with Crippen LogP contribution in [0, 0.1) is 6.92 Å². The van der Waals surface area contributed by atoms with Gasteiger partial charge in [0.2, 0.25) is 11.4 Å². The highest BCUT2D eigenvalue weighted by molar-refractivity contribution is 5.91. The van der Waals surface area contributed by atoms with E-state index in [9.17, 15) is 4.79 Å². The first-order valence-corrected chi connectivity index (χ1v) is 11.0. The highest BCUT2D eigenvalue weighted by Gasteiger charge is 2.22. The van der Waals surface area contributed by atoms with E-state index >= 15 is 0 Å². The fourth-order valence-corrected chi connectivity index (χ4v) is 3.66. The first-order valence-electron chi connectivity index (χ1n) is 11.0. The second-order valence-electron chi connectivity index (χ2n) is 8.70. The molecule has 0 amide bonds. The van der Waals surface area contributed by atoms with E-state index in [1.165, 1.54) is 0 Å². The van der Waals surface area contributed by atoms with Gasteiger partial charge in [-0.05, 0) is 40.5 Å². The molecule has 1 aromatic carbocycles. The molecule has 3 rings (SSSR count). The van der Waals surface area contributed by atoms with Gasteiger partial charge in [0.25, 0.3) is 0 Å². The average molecular weight is 460 g/mol. The molecule has 0 saturated carbocycles.